The highest BCUT2D eigenvalue weighted by atomic mass is 32.1. The van der Waals surface area contributed by atoms with Crippen LogP contribution in [0.25, 0.3) is 10.4 Å². The van der Waals surface area contributed by atoms with Gasteiger partial charge in [-0.05, 0) is 72.9 Å². The van der Waals surface area contributed by atoms with E-state index in [1.54, 1.807) is 11.3 Å². The van der Waals surface area contributed by atoms with Crippen LogP contribution in [0.15, 0.2) is 54.6 Å². The van der Waals surface area contributed by atoms with Crippen molar-refractivity contribution in [1.82, 2.24) is 0 Å². The fraction of sp³-hybridized carbons (Fsp3) is 0.158. The summed E-state index contributed by atoms with van der Waals surface area (Å²) < 4.78 is 13.0. The van der Waals surface area contributed by atoms with Crippen molar-refractivity contribution in [3.63, 3.8) is 0 Å². The van der Waals surface area contributed by atoms with E-state index in [9.17, 15) is 4.39 Å². The van der Waals surface area contributed by atoms with Gasteiger partial charge < -0.3 is 5.73 Å². The molecule has 0 aliphatic carbocycles. The number of hydrogen-bond donors (Lipinski definition) is 1. The SMILES string of the molecule is Cc1ccc(N)cc1CCc1ccc(-c2ccc(F)cc2)s1. The van der Waals surface area contributed by atoms with Crippen LogP contribution in [0.1, 0.15) is 16.0 Å². The molecule has 1 heterocycles. The van der Waals surface area contributed by atoms with Crippen LogP contribution in [0.4, 0.5) is 10.1 Å². The van der Waals surface area contributed by atoms with Crippen LogP contribution >= 0.6 is 11.3 Å². The number of nitrogen functional groups attached to an aromatic ring is 1. The Bertz CT molecular complexity index is 774. The van der Waals surface area contributed by atoms with Crippen molar-refractivity contribution in [3.05, 3.63) is 76.4 Å². The molecule has 0 radical (unpaired) electrons. The molecule has 0 saturated heterocycles. The Hall–Kier alpha value is -2.13. The maximum atomic E-state index is 13.0. The maximum absolute atomic E-state index is 13.0. The minimum Gasteiger partial charge on any atom is -0.399 e. The molecule has 1 nitrogen and oxygen atoms in total. The molecule has 3 heteroatoms. The second kappa shape index (κ2) is 6.32. The lowest BCUT2D eigenvalue weighted by Crippen LogP contribution is -1.95. The third-order valence-electron chi connectivity index (χ3n) is 3.80. The molecule has 0 spiro atoms. The molecule has 112 valence electrons. The fourth-order valence-electron chi connectivity index (χ4n) is 2.50. The van der Waals surface area contributed by atoms with Gasteiger partial charge in [0, 0.05) is 15.4 Å². The van der Waals surface area contributed by atoms with Gasteiger partial charge in [0.15, 0.2) is 0 Å². The summed E-state index contributed by atoms with van der Waals surface area (Å²) in [6.45, 7) is 2.12. The molecular formula is C19H18FNS. The van der Waals surface area contributed by atoms with Gasteiger partial charge in [-0.2, -0.15) is 0 Å². The number of thiophene rings is 1. The predicted molar refractivity (Wildman–Crippen MR) is 92.7 cm³/mol. The Morgan fingerprint density at radius 3 is 2.50 bits per heavy atom. The molecule has 1 aromatic heterocycles. The predicted octanol–water partition coefficient (Wildman–Crippen LogP) is 5.23. The third-order valence-corrected chi connectivity index (χ3v) is 5.00. The maximum Gasteiger partial charge on any atom is 0.123 e. The summed E-state index contributed by atoms with van der Waals surface area (Å²) in [5.74, 6) is -0.197. The molecule has 0 amide bonds. The Balaban J connectivity index is 1.72. The summed E-state index contributed by atoms with van der Waals surface area (Å²) in [6, 6.07) is 17.0. The second-order valence-electron chi connectivity index (χ2n) is 5.46. The van der Waals surface area contributed by atoms with Crippen molar-refractivity contribution in [1.29, 1.82) is 0 Å². The average Bonchev–Trinajstić information content (AvgIpc) is 2.98. The standard InChI is InChI=1S/C19H18FNS/c1-13-2-8-17(21)12-15(13)5-9-18-10-11-19(22-18)14-3-6-16(20)7-4-14/h2-4,6-8,10-12H,5,9,21H2,1H3. The zero-order valence-electron chi connectivity index (χ0n) is 12.5. The summed E-state index contributed by atoms with van der Waals surface area (Å²) in [5, 5.41) is 0. The zero-order chi connectivity index (χ0) is 15.5. The van der Waals surface area contributed by atoms with E-state index in [1.165, 1.54) is 33.0 Å². The number of hydrogen-bond acceptors (Lipinski definition) is 2. The molecule has 2 N–H and O–H groups in total. The van der Waals surface area contributed by atoms with Crippen LogP contribution in [0.3, 0.4) is 0 Å². The molecular weight excluding hydrogens is 293 g/mol. The van der Waals surface area contributed by atoms with Gasteiger partial charge in [-0.15, -0.1) is 11.3 Å². The Kier molecular flexibility index (Phi) is 4.25. The van der Waals surface area contributed by atoms with E-state index in [-0.39, 0.29) is 5.82 Å². The monoisotopic (exact) mass is 311 g/mol. The smallest absolute Gasteiger partial charge is 0.123 e. The van der Waals surface area contributed by atoms with Gasteiger partial charge in [-0.25, -0.2) is 4.39 Å². The second-order valence-corrected chi connectivity index (χ2v) is 6.63. The number of rotatable bonds is 4. The highest BCUT2D eigenvalue weighted by molar-refractivity contribution is 7.15. The first-order valence-corrected chi connectivity index (χ1v) is 8.13. The van der Waals surface area contributed by atoms with E-state index >= 15 is 0 Å². The molecule has 0 saturated carbocycles. The molecule has 3 aromatic rings. The normalized spacial score (nSPS) is 10.8. The van der Waals surface area contributed by atoms with E-state index < -0.39 is 0 Å². The van der Waals surface area contributed by atoms with Crippen molar-refractivity contribution in [2.75, 3.05) is 5.73 Å². The summed E-state index contributed by atoms with van der Waals surface area (Å²) in [6.07, 6.45) is 1.98. The first kappa shape index (κ1) is 14.8. The summed E-state index contributed by atoms with van der Waals surface area (Å²) in [4.78, 5) is 2.51. The Morgan fingerprint density at radius 2 is 1.73 bits per heavy atom. The lowest BCUT2D eigenvalue weighted by atomic mass is 10.0. The van der Waals surface area contributed by atoms with Crippen molar-refractivity contribution in [2.45, 2.75) is 19.8 Å². The van der Waals surface area contributed by atoms with Crippen LogP contribution in [0, 0.1) is 12.7 Å². The van der Waals surface area contributed by atoms with Crippen molar-refractivity contribution in [3.8, 4) is 10.4 Å². The largest absolute Gasteiger partial charge is 0.399 e. The zero-order valence-corrected chi connectivity index (χ0v) is 13.3. The van der Waals surface area contributed by atoms with Gasteiger partial charge >= 0.3 is 0 Å². The van der Waals surface area contributed by atoms with Crippen LogP contribution in [0.5, 0.6) is 0 Å². The van der Waals surface area contributed by atoms with Gasteiger partial charge in [0.1, 0.15) is 5.82 Å². The number of halogens is 1. The quantitative estimate of drug-likeness (QED) is 0.656. The number of benzene rings is 2. The Labute approximate surface area is 134 Å². The van der Waals surface area contributed by atoms with Crippen LogP contribution in [-0.4, -0.2) is 0 Å². The number of aryl methyl sites for hydroxylation is 3. The van der Waals surface area contributed by atoms with Crippen molar-refractivity contribution >= 4 is 17.0 Å². The summed E-state index contributed by atoms with van der Waals surface area (Å²) in [5.41, 5.74) is 10.3. The highest BCUT2D eigenvalue weighted by Crippen LogP contribution is 2.29. The van der Waals surface area contributed by atoms with Gasteiger partial charge in [-0.1, -0.05) is 18.2 Å². The van der Waals surface area contributed by atoms with Crippen LogP contribution in [0.2, 0.25) is 0 Å². The van der Waals surface area contributed by atoms with Crippen LogP contribution in [-0.2, 0) is 12.8 Å². The van der Waals surface area contributed by atoms with E-state index in [0.717, 1.165) is 24.1 Å². The molecule has 0 bridgehead atoms. The van der Waals surface area contributed by atoms with E-state index in [2.05, 4.69) is 31.2 Å². The molecule has 3 rings (SSSR count). The number of nitrogens with two attached hydrogens (primary N) is 1. The first-order valence-electron chi connectivity index (χ1n) is 7.31. The minimum atomic E-state index is -0.197. The van der Waals surface area contributed by atoms with Crippen molar-refractivity contribution < 1.29 is 4.39 Å². The lowest BCUT2D eigenvalue weighted by molar-refractivity contribution is 0.628. The van der Waals surface area contributed by atoms with Gasteiger partial charge in [0.2, 0.25) is 0 Å². The first-order chi connectivity index (χ1) is 10.6. The minimum absolute atomic E-state index is 0.197. The molecule has 0 aliphatic heterocycles. The molecule has 22 heavy (non-hydrogen) atoms. The fourth-order valence-corrected chi connectivity index (χ4v) is 3.51. The van der Waals surface area contributed by atoms with E-state index in [4.69, 9.17) is 5.73 Å². The molecule has 0 fully saturated rings. The highest BCUT2D eigenvalue weighted by Gasteiger charge is 2.05. The van der Waals surface area contributed by atoms with Crippen LogP contribution < -0.4 is 5.73 Å². The van der Waals surface area contributed by atoms with Gasteiger partial charge in [-0.3, -0.25) is 0 Å². The molecule has 0 unspecified atom stereocenters. The topological polar surface area (TPSA) is 26.0 Å². The van der Waals surface area contributed by atoms with E-state index in [1.807, 2.05) is 18.2 Å². The third kappa shape index (κ3) is 3.37. The molecule has 2 aromatic carbocycles. The lowest BCUT2D eigenvalue weighted by Gasteiger charge is -2.06. The summed E-state index contributed by atoms with van der Waals surface area (Å²) in [7, 11) is 0. The average molecular weight is 311 g/mol. The van der Waals surface area contributed by atoms with E-state index in [0.29, 0.717) is 0 Å². The summed E-state index contributed by atoms with van der Waals surface area (Å²) >= 11 is 1.77. The number of anilines is 1. The molecule has 0 aliphatic rings. The molecule has 0 atom stereocenters. The van der Waals surface area contributed by atoms with Gasteiger partial charge in [0.25, 0.3) is 0 Å². The van der Waals surface area contributed by atoms with Gasteiger partial charge in [0.05, 0.1) is 0 Å². The van der Waals surface area contributed by atoms with Crippen molar-refractivity contribution in [2.24, 2.45) is 0 Å². The Morgan fingerprint density at radius 1 is 0.955 bits per heavy atom.